The predicted octanol–water partition coefficient (Wildman–Crippen LogP) is 5.71. The average Bonchev–Trinajstić information content (AvgIpc) is 2.83. The molecule has 0 aliphatic heterocycles. The molecule has 0 unspecified atom stereocenters. The molecule has 2 aromatic carbocycles. The Balaban J connectivity index is 1.37. The normalized spacial score (nSPS) is 19.3. The zero-order chi connectivity index (χ0) is 22.7. The molecule has 0 radical (unpaired) electrons. The van der Waals surface area contributed by atoms with E-state index < -0.39 is 5.97 Å². The van der Waals surface area contributed by atoms with Crippen molar-refractivity contribution in [2.24, 2.45) is 11.8 Å². The number of carbonyl (C=O) groups excluding carboxylic acids is 2. The van der Waals surface area contributed by atoms with Crippen LogP contribution in [0.15, 0.2) is 54.7 Å². The first-order valence-electron chi connectivity index (χ1n) is 11.0. The van der Waals surface area contributed by atoms with E-state index in [1.807, 2.05) is 13.0 Å². The molecule has 1 atom stereocenters. The lowest BCUT2D eigenvalue weighted by atomic mass is 9.73. The van der Waals surface area contributed by atoms with Crippen molar-refractivity contribution in [3.63, 3.8) is 0 Å². The number of fused-ring (bicyclic) bond motifs is 1. The minimum Gasteiger partial charge on any atom is -0.465 e. The van der Waals surface area contributed by atoms with E-state index in [-0.39, 0.29) is 17.6 Å². The molecule has 1 aliphatic rings. The fraction of sp³-hybridized carbons (Fsp3) is 0.346. The van der Waals surface area contributed by atoms with Crippen molar-refractivity contribution in [2.45, 2.75) is 38.5 Å². The molecule has 0 spiro atoms. The number of amides is 1. The fourth-order valence-electron chi connectivity index (χ4n) is 4.70. The molecule has 166 valence electrons. The van der Waals surface area contributed by atoms with Gasteiger partial charge in [-0.3, -0.25) is 9.78 Å². The highest BCUT2D eigenvalue weighted by Gasteiger charge is 2.30. The van der Waals surface area contributed by atoms with Gasteiger partial charge in [0.05, 0.1) is 18.2 Å². The molecule has 1 aliphatic carbocycles. The second kappa shape index (κ2) is 9.47. The first kappa shape index (κ1) is 21.9. The minimum absolute atomic E-state index is 0.0179. The number of rotatable bonds is 5. The van der Waals surface area contributed by atoms with Crippen LogP contribution in [0.25, 0.3) is 10.9 Å². The summed E-state index contributed by atoms with van der Waals surface area (Å²) in [4.78, 5) is 28.7. The Hall–Kier alpha value is -3.28. The van der Waals surface area contributed by atoms with Crippen LogP contribution in [0.3, 0.4) is 0 Å². The number of anilines is 1. The number of ether oxygens (including phenoxy) is 1. The number of halogens is 1. The number of esters is 1. The lowest BCUT2D eigenvalue weighted by molar-refractivity contribution is -0.121. The van der Waals surface area contributed by atoms with Crippen molar-refractivity contribution in [1.82, 2.24) is 4.98 Å². The fourth-order valence-corrected chi connectivity index (χ4v) is 4.70. The van der Waals surface area contributed by atoms with Gasteiger partial charge in [0.2, 0.25) is 5.91 Å². The Labute approximate surface area is 187 Å². The van der Waals surface area contributed by atoms with E-state index >= 15 is 0 Å². The molecular formula is C26H27FN2O3. The van der Waals surface area contributed by atoms with Crippen LogP contribution in [-0.4, -0.2) is 24.0 Å². The Morgan fingerprint density at radius 3 is 2.47 bits per heavy atom. The quantitative estimate of drug-likeness (QED) is 0.522. The first-order valence-corrected chi connectivity index (χ1v) is 11.0. The Bertz CT molecular complexity index is 1120. The predicted molar refractivity (Wildman–Crippen MR) is 122 cm³/mol. The van der Waals surface area contributed by atoms with E-state index in [1.165, 1.54) is 13.2 Å². The first-order chi connectivity index (χ1) is 15.5. The number of hydrogen-bond donors (Lipinski definition) is 1. The molecule has 1 N–H and O–H groups in total. The third-order valence-electron chi connectivity index (χ3n) is 6.64. The molecule has 1 heterocycles. The smallest absolute Gasteiger partial charge is 0.337 e. The molecule has 4 rings (SSSR count). The maximum absolute atomic E-state index is 13.8. The van der Waals surface area contributed by atoms with Gasteiger partial charge in [0.25, 0.3) is 0 Å². The average molecular weight is 435 g/mol. The van der Waals surface area contributed by atoms with Crippen LogP contribution in [0.4, 0.5) is 10.1 Å². The van der Waals surface area contributed by atoms with Gasteiger partial charge in [0.1, 0.15) is 5.82 Å². The maximum atomic E-state index is 13.8. The second-order valence-corrected chi connectivity index (χ2v) is 8.52. The molecule has 1 aromatic heterocycles. The van der Waals surface area contributed by atoms with Crippen LogP contribution in [0.2, 0.25) is 0 Å². The summed E-state index contributed by atoms with van der Waals surface area (Å²) in [6, 6.07) is 13.4. The monoisotopic (exact) mass is 434 g/mol. The molecule has 3 aromatic rings. The van der Waals surface area contributed by atoms with E-state index in [4.69, 9.17) is 4.74 Å². The highest BCUT2D eigenvalue weighted by molar-refractivity contribution is 5.94. The van der Waals surface area contributed by atoms with Crippen molar-refractivity contribution in [3.8, 4) is 0 Å². The van der Waals surface area contributed by atoms with E-state index in [9.17, 15) is 14.0 Å². The van der Waals surface area contributed by atoms with E-state index in [1.54, 1.807) is 42.6 Å². The van der Waals surface area contributed by atoms with Crippen molar-refractivity contribution in [3.05, 3.63) is 71.7 Å². The van der Waals surface area contributed by atoms with E-state index in [2.05, 4.69) is 10.3 Å². The van der Waals surface area contributed by atoms with E-state index in [0.29, 0.717) is 23.1 Å². The number of benzene rings is 2. The number of hydrogen-bond acceptors (Lipinski definition) is 4. The van der Waals surface area contributed by atoms with Gasteiger partial charge < -0.3 is 10.1 Å². The largest absolute Gasteiger partial charge is 0.465 e. The van der Waals surface area contributed by atoms with Crippen molar-refractivity contribution >= 4 is 28.5 Å². The number of nitrogens with zero attached hydrogens (tertiary/aromatic N) is 1. The summed E-state index contributed by atoms with van der Waals surface area (Å²) in [6.45, 7) is 1.97. The minimum atomic E-state index is -0.405. The molecule has 32 heavy (non-hydrogen) atoms. The number of pyridine rings is 1. The summed E-state index contributed by atoms with van der Waals surface area (Å²) < 4.78 is 18.5. The number of carbonyl (C=O) groups is 2. The zero-order valence-corrected chi connectivity index (χ0v) is 18.3. The van der Waals surface area contributed by atoms with Crippen LogP contribution in [0.5, 0.6) is 0 Å². The van der Waals surface area contributed by atoms with Gasteiger partial charge >= 0.3 is 5.97 Å². The van der Waals surface area contributed by atoms with Crippen LogP contribution < -0.4 is 5.32 Å². The molecule has 5 nitrogen and oxygen atoms in total. The van der Waals surface area contributed by atoms with Crippen molar-refractivity contribution < 1.29 is 18.7 Å². The molecule has 1 fully saturated rings. The lowest BCUT2D eigenvalue weighted by Gasteiger charge is -2.32. The highest BCUT2D eigenvalue weighted by Crippen LogP contribution is 2.41. The van der Waals surface area contributed by atoms with Gasteiger partial charge in [0, 0.05) is 23.2 Å². The summed E-state index contributed by atoms with van der Waals surface area (Å²) in [6.07, 6.45) is 5.61. The standard InChI is InChI=1S/C26H27FN2O3/c1-16(25(30)29-21-10-7-19(8-11-21)26(31)32-2)17-3-5-18(6-4-17)22-13-14-28-24-12-9-20(27)15-23(22)24/h7-18H,3-6H2,1-2H3,(H,29,30)/t16-,17?,18?/m1/s1. The van der Waals surface area contributed by atoms with Gasteiger partial charge in [-0.1, -0.05) is 6.92 Å². The van der Waals surface area contributed by atoms with Crippen molar-refractivity contribution in [1.29, 1.82) is 0 Å². The number of methoxy groups -OCH3 is 1. The van der Waals surface area contributed by atoms with Gasteiger partial charge in [-0.2, -0.15) is 0 Å². The summed E-state index contributed by atoms with van der Waals surface area (Å²) in [5.74, 6) is -0.147. The SMILES string of the molecule is COC(=O)c1ccc(NC(=O)[C@H](C)C2CCC(c3ccnc4ccc(F)cc34)CC2)cc1. The third kappa shape index (κ3) is 4.64. The van der Waals surface area contributed by atoms with Gasteiger partial charge in [-0.25, -0.2) is 9.18 Å². The van der Waals surface area contributed by atoms with Crippen LogP contribution in [0.1, 0.15) is 54.4 Å². The summed E-state index contributed by atoms with van der Waals surface area (Å²) in [5, 5.41) is 3.84. The van der Waals surface area contributed by atoms with E-state index in [0.717, 1.165) is 42.1 Å². The molecular weight excluding hydrogens is 407 g/mol. The number of nitrogens with one attached hydrogen (secondary N) is 1. The Morgan fingerprint density at radius 1 is 1.06 bits per heavy atom. The summed E-state index contributed by atoms with van der Waals surface area (Å²) in [5.41, 5.74) is 3.07. The Kier molecular flexibility index (Phi) is 6.49. The van der Waals surface area contributed by atoms with Gasteiger partial charge in [0.15, 0.2) is 0 Å². The summed E-state index contributed by atoms with van der Waals surface area (Å²) >= 11 is 0. The zero-order valence-electron chi connectivity index (χ0n) is 18.3. The van der Waals surface area contributed by atoms with Crippen LogP contribution >= 0.6 is 0 Å². The molecule has 0 saturated heterocycles. The Morgan fingerprint density at radius 2 is 1.78 bits per heavy atom. The topological polar surface area (TPSA) is 68.3 Å². The highest BCUT2D eigenvalue weighted by atomic mass is 19.1. The maximum Gasteiger partial charge on any atom is 0.337 e. The van der Waals surface area contributed by atoms with Gasteiger partial charge in [-0.15, -0.1) is 0 Å². The van der Waals surface area contributed by atoms with Crippen LogP contribution in [-0.2, 0) is 9.53 Å². The molecule has 1 amide bonds. The summed E-state index contributed by atoms with van der Waals surface area (Å²) in [7, 11) is 1.34. The molecule has 1 saturated carbocycles. The van der Waals surface area contributed by atoms with Crippen molar-refractivity contribution in [2.75, 3.05) is 12.4 Å². The van der Waals surface area contributed by atoms with Crippen LogP contribution in [0, 0.1) is 17.7 Å². The lowest BCUT2D eigenvalue weighted by Crippen LogP contribution is -2.29. The third-order valence-corrected chi connectivity index (χ3v) is 6.64. The molecule has 0 bridgehead atoms. The second-order valence-electron chi connectivity index (χ2n) is 8.52. The number of aromatic nitrogens is 1. The van der Waals surface area contributed by atoms with Gasteiger partial charge in [-0.05, 0) is 91.6 Å². The molecule has 6 heteroatoms.